The highest BCUT2D eigenvalue weighted by atomic mass is 79.9. The predicted molar refractivity (Wildman–Crippen MR) is 119 cm³/mol. The second-order valence-electron chi connectivity index (χ2n) is 6.57. The van der Waals surface area contributed by atoms with Crippen LogP contribution in [0.5, 0.6) is 11.5 Å². The third-order valence-corrected chi connectivity index (χ3v) is 5.15. The molecule has 0 fully saturated rings. The topological polar surface area (TPSA) is 70.9 Å². The highest BCUT2D eigenvalue weighted by molar-refractivity contribution is 9.10. The summed E-state index contributed by atoms with van der Waals surface area (Å²) in [7, 11) is 1.60. The summed E-state index contributed by atoms with van der Waals surface area (Å²) in [5, 5.41) is 9.33. The van der Waals surface area contributed by atoms with Crippen molar-refractivity contribution in [1.29, 1.82) is 5.26 Å². The van der Waals surface area contributed by atoms with Crippen LogP contribution in [-0.2, 0) is 6.61 Å². The van der Waals surface area contributed by atoms with Crippen molar-refractivity contribution < 1.29 is 9.47 Å². The van der Waals surface area contributed by atoms with E-state index in [4.69, 9.17) is 9.47 Å². The molecule has 4 rings (SSSR count). The van der Waals surface area contributed by atoms with Crippen molar-refractivity contribution in [2.75, 3.05) is 7.11 Å². The molecular formula is C24H18BrN3O2. The van der Waals surface area contributed by atoms with Crippen LogP contribution in [-0.4, -0.2) is 17.1 Å². The molecule has 0 aliphatic rings. The largest absolute Gasteiger partial charge is 0.493 e. The summed E-state index contributed by atoms with van der Waals surface area (Å²) in [4.78, 5) is 7.91. The highest BCUT2D eigenvalue weighted by Gasteiger charge is 2.12. The Labute approximate surface area is 183 Å². The first-order valence-electron chi connectivity index (χ1n) is 9.28. The van der Waals surface area contributed by atoms with Gasteiger partial charge in [-0.1, -0.05) is 52.3 Å². The average molecular weight is 460 g/mol. The van der Waals surface area contributed by atoms with Gasteiger partial charge in [0.05, 0.1) is 24.4 Å². The van der Waals surface area contributed by atoms with Crippen LogP contribution in [0.1, 0.15) is 11.1 Å². The molecule has 0 spiro atoms. The Balaban J connectivity index is 1.55. The summed E-state index contributed by atoms with van der Waals surface area (Å²) in [5.41, 5.74) is 4.15. The van der Waals surface area contributed by atoms with E-state index in [0.29, 0.717) is 17.1 Å². The molecule has 1 heterocycles. The molecule has 0 radical (unpaired) electrons. The van der Waals surface area contributed by atoms with Gasteiger partial charge in [0.15, 0.2) is 11.5 Å². The van der Waals surface area contributed by atoms with Gasteiger partial charge in [-0.2, -0.15) is 5.26 Å². The summed E-state index contributed by atoms with van der Waals surface area (Å²) < 4.78 is 12.3. The number of methoxy groups -OCH3 is 1. The zero-order valence-electron chi connectivity index (χ0n) is 16.2. The molecule has 5 nitrogen and oxygen atoms in total. The Kier molecular flexibility index (Phi) is 5.82. The van der Waals surface area contributed by atoms with Crippen molar-refractivity contribution in [1.82, 2.24) is 9.97 Å². The number of rotatable bonds is 6. The van der Waals surface area contributed by atoms with Crippen molar-refractivity contribution in [3.63, 3.8) is 0 Å². The lowest BCUT2D eigenvalue weighted by atomic mass is 10.1. The Hall–Kier alpha value is -3.56. The van der Waals surface area contributed by atoms with E-state index in [9.17, 15) is 5.26 Å². The van der Waals surface area contributed by atoms with E-state index in [2.05, 4.69) is 32.0 Å². The molecule has 0 saturated carbocycles. The van der Waals surface area contributed by atoms with Crippen molar-refractivity contribution in [2.45, 2.75) is 6.61 Å². The minimum absolute atomic E-state index is 0.270. The van der Waals surface area contributed by atoms with E-state index < -0.39 is 0 Å². The molecule has 0 aliphatic heterocycles. The summed E-state index contributed by atoms with van der Waals surface area (Å²) in [6.45, 7) is 0.270. The molecule has 3 aromatic carbocycles. The SMILES string of the molecule is COc1cc(-c2c[nH]c(-c3ccccc3)n2)ccc1OCc1ccc(Br)cc1C#N. The van der Waals surface area contributed by atoms with Crippen LogP contribution < -0.4 is 9.47 Å². The van der Waals surface area contributed by atoms with Crippen molar-refractivity contribution in [3.05, 3.63) is 88.5 Å². The van der Waals surface area contributed by atoms with E-state index in [1.54, 1.807) is 13.2 Å². The quantitative estimate of drug-likeness (QED) is 0.385. The van der Waals surface area contributed by atoms with Gasteiger partial charge in [0.25, 0.3) is 0 Å². The van der Waals surface area contributed by atoms with E-state index in [1.807, 2.05) is 66.9 Å². The van der Waals surface area contributed by atoms with Crippen LogP contribution in [0.2, 0.25) is 0 Å². The highest BCUT2D eigenvalue weighted by Crippen LogP contribution is 2.33. The molecule has 1 N–H and O–H groups in total. The van der Waals surface area contributed by atoms with Gasteiger partial charge in [-0.15, -0.1) is 0 Å². The number of aromatic amines is 1. The van der Waals surface area contributed by atoms with Crippen molar-refractivity contribution in [3.8, 4) is 40.2 Å². The number of H-pyrrole nitrogens is 1. The summed E-state index contributed by atoms with van der Waals surface area (Å²) in [6.07, 6.45) is 1.87. The van der Waals surface area contributed by atoms with E-state index in [1.165, 1.54) is 0 Å². The Morgan fingerprint density at radius 2 is 1.83 bits per heavy atom. The van der Waals surface area contributed by atoms with E-state index >= 15 is 0 Å². The normalized spacial score (nSPS) is 10.4. The fourth-order valence-corrected chi connectivity index (χ4v) is 3.45. The maximum absolute atomic E-state index is 9.33. The van der Waals surface area contributed by atoms with Crippen LogP contribution in [0, 0.1) is 11.3 Å². The number of aromatic nitrogens is 2. The number of imidazole rings is 1. The van der Waals surface area contributed by atoms with Gasteiger partial charge in [-0.25, -0.2) is 4.98 Å². The van der Waals surface area contributed by atoms with Gasteiger partial charge >= 0.3 is 0 Å². The number of nitriles is 1. The van der Waals surface area contributed by atoms with Crippen LogP contribution in [0.25, 0.3) is 22.6 Å². The number of hydrogen-bond donors (Lipinski definition) is 1. The van der Waals surface area contributed by atoms with Crippen LogP contribution in [0.4, 0.5) is 0 Å². The van der Waals surface area contributed by atoms with Gasteiger partial charge in [-0.05, 0) is 30.3 Å². The number of benzene rings is 3. The number of hydrogen-bond acceptors (Lipinski definition) is 4. The molecule has 0 atom stereocenters. The van der Waals surface area contributed by atoms with E-state index in [0.717, 1.165) is 32.7 Å². The molecule has 6 heteroatoms. The lowest BCUT2D eigenvalue weighted by Gasteiger charge is -2.12. The minimum atomic E-state index is 0.270. The minimum Gasteiger partial charge on any atom is -0.493 e. The van der Waals surface area contributed by atoms with Gasteiger partial charge in [-0.3, -0.25) is 0 Å². The second kappa shape index (κ2) is 8.85. The third kappa shape index (κ3) is 4.22. The first kappa shape index (κ1) is 19.7. The van der Waals surface area contributed by atoms with E-state index in [-0.39, 0.29) is 6.61 Å². The number of halogens is 1. The summed E-state index contributed by atoms with van der Waals surface area (Å²) >= 11 is 3.38. The fraction of sp³-hybridized carbons (Fsp3) is 0.0833. The molecule has 0 unspecified atom stereocenters. The van der Waals surface area contributed by atoms with Crippen molar-refractivity contribution >= 4 is 15.9 Å². The average Bonchev–Trinajstić information content (AvgIpc) is 3.29. The van der Waals surface area contributed by atoms with Gasteiger partial charge in [0.2, 0.25) is 0 Å². The number of nitrogens with zero attached hydrogens (tertiary/aromatic N) is 2. The first-order chi connectivity index (χ1) is 14.7. The Morgan fingerprint density at radius 1 is 1.00 bits per heavy atom. The van der Waals surface area contributed by atoms with Gasteiger partial charge in [0, 0.05) is 27.4 Å². The molecule has 0 amide bonds. The van der Waals surface area contributed by atoms with Crippen molar-refractivity contribution in [2.24, 2.45) is 0 Å². The lowest BCUT2D eigenvalue weighted by molar-refractivity contribution is 0.284. The molecule has 1 aromatic heterocycles. The standard InChI is InChI=1S/C24H18BrN3O2/c1-29-23-12-17(21-14-27-24(28-21)16-5-3-2-4-6-16)8-10-22(23)30-15-18-7-9-20(25)11-19(18)13-26/h2-12,14H,15H2,1H3,(H,27,28). The second-order valence-corrected chi connectivity index (χ2v) is 7.48. The van der Waals surface area contributed by atoms with Gasteiger partial charge in [0.1, 0.15) is 12.4 Å². The maximum Gasteiger partial charge on any atom is 0.161 e. The third-order valence-electron chi connectivity index (χ3n) is 4.66. The molecule has 0 aliphatic carbocycles. The summed E-state index contributed by atoms with van der Waals surface area (Å²) in [6, 6.07) is 23.4. The Bertz CT molecular complexity index is 1210. The molecular weight excluding hydrogens is 442 g/mol. The molecule has 30 heavy (non-hydrogen) atoms. The monoisotopic (exact) mass is 459 g/mol. The van der Waals surface area contributed by atoms with Crippen LogP contribution >= 0.6 is 15.9 Å². The van der Waals surface area contributed by atoms with Crippen LogP contribution in [0.3, 0.4) is 0 Å². The van der Waals surface area contributed by atoms with Crippen LogP contribution in [0.15, 0.2) is 77.4 Å². The fourth-order valence-electron chi connectivity index (χ4n) is 3.09. The lowest BCUT2D eigenvalue weighted by Crippen LogP contribution is -2.00. The smallest absolute Gasteiger partial charge is 0.161 e. The first-order valence-corrected chi connectivity index (χ1v) is 10.1. The predicted octanol–water partition coefficient (Wildman–Crippen LogP) is 5.97. The maximum atomic E-state index is 9.33. The van der Waals surface area contributed by atoms with Gasteiger partial charge < -0.3 is 14.5 Å². The zero-order valence-corrected chi connectivity index (χ0v) is 17.8. The number of nitrogens with one attached hydrogen (secondary N) is 1. The molecule has 4 aromatic rings. The molecule has 148 valence electrons. The number of ether oxygens (including phenoxy) is 2. The molecule has 0 saturated heterocycles. The zero-order chi connectivity index (χ0) is 20.9. The summed E-state index contributed by atoms with van der Waals surface area (Å²) in [5.74, 6) is 2.02. The Morgan fingerprint density at radius 3 is 2.60 bits per heavy atom. The molecule has 0 bridgehead atoms.